The lowest BCUT2D eigenvalue weighted by Crippen LogP contribution is -2.32. The van der Waals surface area contributed by atoms with Crippen molar-refractivity contribution < 1.29 is 0 Å². The molecule has 1 saturated carbocycles. The third-order valence-electron chi connectivity index (χ3n) is 2.81. The van der Waals surface area contributed by atoms with Gasteiger partial charge in [-0.1, -0.05) is 12.8 Å². The van der Waals surface area contributed by atoms with Crippen molar-refractivity contribution in [2.45, 2.75) is 26.2 Å². The average molecular weight is 120 g/mol. The van der Waals surface area contributed by atoms with Gasteiger partial charge in [0.25, 0.3) is 0 Å². The largest absolute Gasteiger partial charge is 0.103 e. The van der Waals surface area contributed by atoms with Crippen LogP contribution in [0.5, 0.6) is 0 Å². The highest BCUT2D eigenvalue weighted by atomic mass is 14.4. The lowest BCUT2D eigenvalue weighted by molar-refractivity contribution is 0.137. The maximum Gasteiger partial charge on any atom is 0.0205 e. The van der Waals surface area contributed by atoms with Crippen LogP contribution < -0.4 is 0 Å². The van der Waals surface area contributed by atoms with E-state index in [1.165, 1.54) is 19.3 Å². The van der Waals surface area contributed by atoms with Crippen molar-refractivity contribution in [3.8, 4) is 11.8 Å². The van der Waals surface area contributed by atoms with E-state index in [2.05, 4.69) is 18.8 Å². The van der Waals surface area contributed by atoms with Crippen LogP contribution in [0.25, 0.3) is 0 Å². The molecule has 0 aromatic heterocycles. The molecule has 1 fully saturated rings. The minimum Gasteiger partial charge on any atom is -0.103 e. The van der Waals surface area contributed by atoms with Gasteiger partial charge in [0.1, 0.15) is 0 Å². The van der Waals surface area contributed by atoms with Crippen molar-refractivity contribution in [3.63, 3.8) is 0 Å². The lowest BCUT2D eigenvalue weighted by Gasteiger charge is -2.40. The summed E-state index contributed by atoms with van der Waals surface area (Å²) in [6.45, 7) is 2.27. The van der Waals surface area contributed by atoms with Crippen LogP contribution in [0.15, 0.2) is 0 Å². The van der Waals surface area contributed by atoms with E-state index >= 15 is 0 Å². The Hall–Kier alpha value is -0.440. The highest BCUT2D eigenvalue weighted by Crippen LogP contribution is 2.42. The van der Waals surface area contributed by atoms with E-state index < -0.39 is 0 Å². The highest BCUT2D eigenvalue weighted by Gasteiger charge is 2.35. The van der Waals surface area contributed by atoms with Crippen LogP contribution in [-0.2, 0) is 0 Å². The molecule has 0 heterocycles. The normalized spacial score (nSPS) is 46.1. The Balaban J connectivity index is 2.15. The molecule has 0 spiro atoms. The summed E-state index contributed by atoms with van der Waals surface area (Å²) in [4.78, 5) is 0. The van der Waals surface area contributed by atoms with Gasteiger partial charge in [-0.15, -0.1) is 5.92 Å². The van der Waals surface area contributed by atoms with Crippen LogP contribution in [0.3, 0.4) is 0 Å². The molecule has 2 rings (SSSR count). The van der Waals surface area contributed by atoms with Crippen molar-refractivity contribution in [1.82, 2.24) is 0 Å². The molecule has 48 valence electrons. The first-order valence-corrected chi connectivity index (χ1v) is 3.86. The summed E-state index contributed by atoms with van der Waals surface area (Å²) >= 11 is 0. The summed E-state index contributed by atoms with van der Waals surface area (Å²) < 4.78 is 0. The maximum absolute atomic E-state index is 3.26. The van der Waals surface area contributed by atoms with Crippen molar-refractivity contribution >= 4 is 0 Å². The molecule has 3 atom stereocenters. The quantitative estimate of drug-likeness (QED) is 0.429. The first-order valence-electron chi connectivity index (χ1n) is 3.86. The Morgan fingerprint density at radius 2 is 2.22 bits per heavy atom. The van der Waals surface area contributed by atoms with Gasteiger partial charge in [0.15, 0.2) is 0 Å². The predicted molar refractivity (Wildman–Crippen MR) is 37.8 cm³/mol. The maximum atomic E-state index is 3.26. The van der Waals surface area contributed by atoms with Gasteiger partial charge in [0, 0.05) is 12.3 Å². The van der Waals surface area contributed by atoms with E-state index in [9.17, 15) is 0 Å². The lowest BCUT2D eigenvalue weighted by atomic mass is 9.64. The molecule has 2 aliphatic rings. The van der Waals surface area contributed by atoms with E-state index in [0.29, 0.717) is 5.92 Å². The van der Waals surface area contributed by atoms with Crippen LogP contribution >= 0.6 is 0 Å². The van der Waals surface area contributed by atoms with Gasteiger partial charge in [-0.2, -0.15) is 0 Å². The first kappa shape index (κ1) is 5.35. The molecule has 3 unspecified atom stereocenters. The minimum atomic E-state index is 0.706. The summed E-state index contributed by atoms with van der Waals surface area (Å²) in [5.74, 6) is 9.15. The zero-order valence-corrected chi connectivity index (χ0v) is 5.85. The fourth-order valence-electron chi connectivity index (χ4n) is 1.96. The van der Waals surface area contributed by atoms with Crippen LogP contribution in [0.1, 0.15) is 26.2 Å². The molecular formula is C9H12. The predicted octanol–water partition coefficient (Wildman–Crippen LogP) is 2.06. The SMILES string of the molecule is CC1C#CCC2CCC12. The molecule has 0 saturated heterocycles. The van der Waals surface area contributed by atoms with Gasteiger partial charge in [0.05, 0.1) is 0 Å². The molecule has 0 heteroatoms. The summed E-state index contributed by atoms with van der Waals surface area (Å²) in [6, 6.07) is 0. The average Bonchev–Trinajstić information content (AvgIpc) is 1.74. The van der Waals surface area contributed by atoms with Gasteiger partial charge in [-0.3, -0.25) is 0 Å². The van der Waals surface area contributed by atoms with E-state index in [0.717, 1.165) is 11.8 Å². The van der Waals surface area contributed by atoms with E-state index in [-0.39, 0.29) is 0 Å². The number of fused-ring (bicyclic) bond motifs is 1. The molecule has 0 aromatic carbocycles. The fourth-order valence-corrected chi connectivity index (χ4v) is 1.96. The van der Waals surface area contributed by atoms with Crippen LogP contribution in [-0.4, -0.2) is 0 Å². The molecule has 0 bridgehead atoms. The van der Waals surface area contributed by atoms with Gasteiger partial charge in [-0.25, -0.2) is 0 Å². The second-order valence-corrected chi connectivity index (χ2v) is 3.32. The molecule has 0 nitrogen and oxygen atoms in total. The van der Waals surface area contributed by atoms with Gasteiger partial charge in [-0.05, 0) is 24.7 Å². The molecule has 0 N–H and O–H groups in total. The van der Waals surface area contributed by atoms with Crippen molar-refractivity contribution in [2.24, 2.45) is 17.8 Å². The van der Waals surface area contributed by atoms with Crippen molar-refractivity contribution in [3.05, 3.63) is 0 Å². The zero-order chi connectivity index (χ0) is 6.27. The summed E-state index contributed by atoms with van der Waals surface area (Å²) in [6.07, 6.45) is 4.08. The number of hydrogen-bond donors (Lipinski definition) is 0. The standard InChI is InChI=1S/C9H12/c1-7-3-2-4-8-5-6-9(7)8/h7-9H,4-6H2,1H3. The van der Waals surface area contributed by atoms with Crippen molar-refractivity contribution in [2.75, 3.05) is 0 Å². The van der Waals surface area contributed by atoms with Crippen LogP contribution in [0.2, 0.25) is 0 Å². The highest BCUT2D eigenvalue weighted by molar-refractivity contribution is 5.13. The number of hydrogen-bond acceptors (Lipinski definition) is 0. The fraction of sp³-hybridized carbons (Fsp3) is 0.778. The third-order valence-corrected chi connectivity index (χ3v) is 2.81. The topological polar surface area (TPSA) is 0 Å². The number of rotatable bonds is 0. The van der Waals surface area contributed by atoms with Gasteiger partial charge in [0.2, 0.25) is 0 Å². The first-order chi connectivity index (χ1) is 4.38. The van der Waals surface area contributed by atoms with Gasteiger partial charge >= 0.3 is 0 Å². The Morgan fingerprint density at radius 3 is 2.67 bits per heavy atom. The molecule has 2 aliphatic carbocycles. The summed E-state index contributed by atoms with van der Waals surface area (Å²) in [7, 11) is 0. The third kappa shape index (κ3) is 0.678. The summed E-state index contributed by atoms with van der Waals surface area (Å²) in [5.41, 5.74) is 0. The van der Waals surface area contributed by atoms with Crippen molar-refractivity contribution in [1.29, 1.82) is 0 Å². The smallest absolute Gasteiger partial charge is 0.0205 e. The van der Waals surface area contributed by atoms with E-state index in [1.807, 2.05) is 0 Å². The monoisotopic (exact) mass is 120 g/mol. The van der Waals surface area contributed by atoms with Crippen LogP contribution in [0.4, 0.5) is 0 Å². The van der Waals surface area contributed by atoms with E-state index in [1.54, 1.807) is 0 Å². The second kappa shape index (κ2) is 1.77. The molecule has 0 amide bonds. The second-order valence-electron chi connectivity index (χ2n) is 3.32. The van der Waals surface area contributed by atoms with Gasteiger partial charge < -0.3 is 0 Å². The molecule has 0 aromatic rings. The molecular weight excluding hydrogens is 108 g/mol. The zero-order valence-electron chi connectivity index (χ0n) is 5.85. The Bertz CT molecular complexity index is 170. The Kier molecular flexibility index (Phi) is 1.05. The Morgan fingerprint density at radius 1 is 1.33 bits per heavy atom. The summed E-state index contributed by atoms with van der Waals surface area (Å²) in [5, 5.41) is 0. The molecule has 9 heavy (non-hydrogen) atoms. The Labute approximate surface area is 56.6 Å². The minimum absolute atomic E-state index is 0.706. The van der Waals surface area contributed by atoms with Crippen LogP contribution in [0, 0.1) is 29.6 Å². The molecule has 0 aliphatic heterocycles. The molecule has 0 radical (unpaired) electrons. The van der Waals surface area contributed by atoms with E-state index in [4.69, 9.17) is 0 Å².